The second-order valence-corrected chi connectivity index (χ2v) is 21.8. The molecule has 0 aromatic carbocycles. The van der Waals surface area contributed by atoms with Crippen molar-refractivity contribution in [2.45, 2.75) is 226 Å². The highest BCUT2D eigenvalue weighted by Crippen LogP contribution is 2.59. The average molecular weight is 787 g/mol. The van der Waals surface area contributed by atoms with E-state index in [1.165, 1.54) is 44.9 Å². The van der Waals surface area contributed by atoms with E-state index in [-0.39, 0.29) is 58.6 Å². The zero-order chi connectivity index (χ0) is 41.1. The van der Waals surface area contributed by atoms with E-state index in [1.54, 1.807) is 0 Å². The third kappa shape index (κ3) is 8.72. The van der Waals surface area contributed by atoms with Crippen LogP contribution in [0.15, 0.2) is 0 Å². The molecule has 3 saturated heterocycles. The Labute approximate surface area is 336 Å². The lowest BCUT2D eigenvalue weighted by Gasteiger charge is -2.59. The Morgan fingerprint density at radius 1 is 0.714 bits per heavy atom. The second-order valence-electron chi connectivity index (χ2n) is 21.8. The number of rotatable bonds is 9. The normalized spacial score (nSPS) is 36.9. The van der Waals surface area contributed by atoms with E-state index in [1.807, 2.05) is 55.4 Å². The van der Waals surface area contributed by atoms with Crippen LogP contribution in [0.3, 0.4) is 0 Å². The summed E-state index contributed by atoms with van der Waals surface area (Å²) in [5.41, 5.74) is -1.78. The van der Waals surface area contributed by atoms with Gasteiger partial charge in [0.2, 0.25) is 0 Å². The van der Waals surface area contributed by atoms with E-state index < -0.39 is 28.6 Å². The van der Waals surface area contributed by atoms with Crippen molar-refractivity contribution < 1.29 is 48.0 Å². The van der Waals surface area contributed by atoms with E-state index in [4.69, 9.17) is 23.7 Å². The van der Waals surface area contributed by atoms with Crippen LogP contribution in [-0.4, -0.2) is 70.2 Å². The zero-order valence-electron chi connectivity index (χ0n) is 36.4. The third-order valence-electron chi connectivity index (χ3n) is 16.0. The molecular formula is C46H74O10. The predicted octanol–water partition coefficient (Wildman–Crippen LogP) is 8.96. The molecule has 56 heavy (non-hydrogen) atoms. The molecule has 0 aromatic heterocycles. The maximum absolute atomic E-state index is 12.4. The van der Waals surface area contributed by atoms with Gasteiger partial charge in [0.1, 0.15) is 17.3 Å². The van der Waals surface area contributed by atoms with E-state index in [0.717, 1.165) is 51.4 Å². The molecule has 1 spiro atoms. The van der Waals surface area contributed by atoms with Gasteiger partial charge >= 0.3 is 23.9 Å². The van der Waals surface area contributed by atoms with Crippen LogP contribution in [-0.2, 0) is 42.9 Å². The van der Waals surface area contributed by atoms with E-state index in [9.17, 15) is 24.3 Å². The van der Waals surface area contributed by atoms with Gasteiger partial charge in [-0.3, -0.25) is 19.2 Å². The largest absolute Gasteiger partial charge is 0.459 e. The number of hydrogen-bond donors (Lipinski definition) is 1. The van der Waals surface area contributed by atoms with Gasteiger partial charge in [-0.05, 0) is 162 Å². The number of esters is 4. The Balaban J connectivity index is 0.000000142. The second kappa shape index (κ2) is 15.4. The highest BCUT2D eigenvalue weighted by Gasteiger charge is 2.65. The fraction of sp³-hybridized carbons (Fsp3) is 0.913. The number of carbonyl (C=O) groups excluding carboxylic acids is 4. The van der Waals surface area contributed by atoms with Crippen molar-refractivity contribution >= 4 is 23.9 Å². The number of aliphatic hydroxyl groups is 1. The van der Waals surface area contributed by atoms with Gasteiger partial charge in [-0.15, -0.1) is 0 Å². The monoisotopic (exact) mass is 787 g/mol. The fourth-order valence-corrected chi connectivity index (χ4v) is 11.1. The summed E-state index contributed by atoms with van der Waals surface area (Å²) in [6.45, 7) is 19.7. The molecule has 7 atom stereocenters. The van der Waals surface area contributed by atoms with Gasteiger partial charge in [-0.25, -0.2) is 0 Å². The molecule has 6 aliphatic carbocycles. The van der Waals surface area contributed by atoms with Gasteiger partial charge in [-0.1, -0.05) is 33.6 Å². The summed E-state index contributed by atoms with van der Waals surface area (Å²) < 4.78 is 28.3. The molecule has 9 rings (SSSR count). The minimum absolute atomic E-state index is 0.0140. The average Bonchev–Trinajstić information content (AvgIpc) is 3.89. The lowest BCUT2D eigenvalue weighted by molar-refractivity contribution is -0.225. The maximum Gasteiger partial charge on any atom is 0.312 e. The highest BCUT2D eigenvalue weighted by atomic mass is 16.7. The molecule has 0 aromatic rings. The minimum atomic E-state index is -0.555. The lowest BCUT2D eigenvalue weighted by atomic mass is 9.52. The summed E-state index contributed by atoms with van der Waals surface area (Å²) in [4.78, 5) is 48.2. The molecular weight excluding hydrogens is 712 g/mol. The smallest absolute Gasteiger partial charge is 0.312 e. The molecule has 0 radical (unpaired) electrons. The summed E-state index contributed by atoms with van der Waals surface area (Å²) in [5.74, 6) is 0.425. The van der Waals surface area contributed by atoms with Crippen molar-refractivity contribution in [3.8, 4) is 0 Å². The lowest BCUT2D eigenvalue weighted by Crippen LogP contribution is -2.61. The molecule has 9 aliphatic rings. The van der Waals surface area contributed by atoms with Crippen LogP contribution in [0, 0.1) is 39.4 Å². The Kier molecular flexibility index (Phi) is 12.0. The molecule has 7 unspecified atom stereocenters. The molecule has 3 aliphatic heterocycles. The van der Waals surface area contributed by atoms with Crippen LogP contribution >= 0.6 is 0 Å². The fourth-order valence-electron chi connectivity index (χ4n) is 11.1. The van der Waals surface area contributed by atoms with Crippen LogP contribution in [0.4, 0.5) is 0 Å². The van der Waals surface area contributed by atoms with Crippen molar-refractivity contribution in [1.82, 2.24) is 0 Å². The summed E-state index contributed by atoms with van der Waals surface area (Å²) in [5, 5.41) is 10.6. The van der Waals surface area contributed by atoms with Crippen LogP contribution < -0.4 is 0 Å². The van der Waals surface area contributed by atoms with Gasteiger partial charge < -0.3 is 28.8 Å². The highest BCUT2D eigenvalue weighted by molar-refractivity contribution is 5.79. The van der Waals surface area contributed by atoms with Crippen molar-refractivity contribution in [1.29, 1.82) is 0 Å². The summed E-state index contributed by atoms with van der Waals surface area (Å²) in [6, 6.07) is 0. The SMILES string of the molecule is CCC(C)(C)C(=O)OC1(C)CCC2(CCCC2)CC1.CCC(C)(C)C(=O)OC12CC3CC(CC(O)(C3)C1)C2.CCC(C)(C)C(=O)OC1C2CC3C(=O)OC1C3O2. The number of ether oxygens (including phenoxy) is 5. The maximum atomic E-state index is 12.4. The first-order chi connectivity index (χ1) is 26.0. The van der Waals surface area contributed by atoms with Crippen molar-refractivity contribution in [3.63, 3.8) is 0 Å². The quantitative estimate of drug-likeness (QED) is 0.178. The molecule has 318 valence electrons. The molecule has 0 amide bonds. The molecule has 3 heterocycles. The zero-order valence-corrected chi connectivity index (χ0v) is 36.4. The van der Waals surface area contributed by atoms with Crippen LogP contribution in [0.1, 0.15) is 185 Å². The van der Waals surface area contributed by atoms with E-state index >= 15 is 0 Å². The van der Waals surface area contributed by atoms with E-state index in [2.05, 4.69) is 13.8 Å². The number of hydrogen-bond acceptors (Lipinski definition) is 10. The van der Waals surface area contributed by atoms with Crippen molar-refractivity contribution in [2.75, 3.05) is 0 Å². The first-order valence-electron chi connectivity index (χ1n) is 22.3. The molecule has 10 heteroatoms. The van der Waals surface area contributed by atoms with Gasteiger partial charge in [0.05, 0.1) is 33.9 Å². The molecule has 9 fully saturated rings. The Hall–Kier alpha value is -2.20. The Morgan fingerprint density at radius 3 is 1.75 bits per heavy atom. The van der Waals surface area contributed by atoms with Crippen LogP contribution in [0.25, 0.3) is 0 Å². The Bertz CT molecular complexity index is 1460. The van der Waals surface area contributed by atoms with Crippen molar-refractivity contribution in [2.24, 2.45) is 39.4 Å². The standard InChI is InChI=1S/C17H30O2.C16H26O3.C13H18O5/c1-5-15(2,3)14(18)19-16(4)10-12-17(13-11-16)8-6-7-9-17;1-4-14(2,3)13(17)19-16-8-11-5-12(9-16)7-15(18,6-11)10-16;1-4-13(2,3)12(15)18-9-7-5-6-8(16-7)10(9)17-11(6)14/h5-13H2,1-4H3;11-12,18H,4-10H2,1-3H3;6-10H,4-5H2,1-3H3. The van der Waals surface area contributed by atoms with Gasteiger partial charge in [0.25, 0.3) is 0 Å². The van der Waals surface area contributed by atoms with Gasteiger partial charge in [0.15, 0.2) is 12.2 Å². The molecule has 6 saturated carbocycles. The first-order valence-corrected chi connectivity index (χ1v) is 22.3. The predicted molar refractivity (Wildman–Crippen MR) is 211 cm³/mol. The Morgan fingerprint density at radius 2 is 1.23 bits per heavy atom. The summed E-state index contributed by atoms with van der Waals surface area (Å²) in [6.07, 6.45) is 17.6. The van der Waals surface area contributed by atoms with E-state index in [0.29, 0.717) is 36.5 Å². The molecule has 6 bridgehead atoms. The summed E-state index contributed by atoms with van der Waals surface area (Å²) in [7, 11) is 0. The van der Waals surface area contributed by atoms with Crippen LogP contribution in [0.2, 0.25) is 0 Å². The minimum Gasteiger partial charge on any atom is -0.459 e. The summed E-state index contributed by atoms with van der Waals surface area (Å²) >= 11 is 0. The number of carbonyl (C=O) groups is 4. The van der Waals surface area contributed by atoms with Gasteiger partial charge in [0, 0.05) is 6.42 Å². The first kappa shape index (κ1) is 43.4. The number of fused-ring (bicyclic) bond motifs is 1. The van der Waals surface area contributed by atoms with Crippen LogP contribution in [0.5, 0.6) is 0 Å². The molecule has 10 nitrogen and oxygen atoms in total. The van der Waals surface area contributed by atoms with Gasteiger partial charge in [-0.2, -0.15) is 0 Å². The molecule has 1 N–H and O–H groups in total. The van der Waals surface area contributed by atoms with Crippen molar-refractivity contribution in [3.05, 3.63) is 0 Å². The topological polar surface area (TPSA) is 135 Å². The third-order valence-corrected chi connectivity index (χ3v) is 16.0.